The van der Waals surface area contributed by atoms with Crippen LogP contribution in [0.2, 0.25) is 0 Å². The Balaban J connectivity index is 2.92. The van der Waals surface area contributed by atoms with Gasteiger partial charge in [0.2, 0.25) is 0 Å². The van der Waals surface area contributed by atoms with E-state index in [0.29, 0.717) is 6.54 Å². The lowest BCUT2D eigenvalue weighted by Crippen LogP contribution is -2.45. The summed E-state index contributed by atoms with van der Waals surface area (Å²) in [6, 6.07) is 1.54. The van der Waals surface area contributed by atoms with Crippen molar-refractivity contribution < 1.29 is 13.6 Å². The second-order valence-electron chi connectivity index (χ2n) is 5.44. The number of nitrogens with one attached hydrogen (secondary N) is 1. The van der Waals surface area contributed by atoms with Gasteiger partial charge in [-0.15, -0.1) is 0 Å². The fraction of sp³-hybridized carbons (Fsp3) is 0.500. The molecular weight excluding hydrogens is 264 g/mol. The number of benzene rings is 1. The van der Waals surface area contributed by atoms with Crippen LogP contribution in [0, 0.1) is 17.6 Å². The smallest absolute Gasteiger partial charge is 0.253 e. The highest BCUT2D eigenvalue weighted by Gasteiger charge is 2.20. The molecular formula is C14H21F2N3O. The van der Waals surface area contributed by atoms with Crippen LogP contribution in [0.4, 0.5) is 14.5 Å². The number of anilines is 1. The highest BCUT2D eigenvalue weighted by atomic mass is 19.2. The summed E-state index contributed by atoms with van der Waals surface area (Å²) in [5.41, 5.74) is 5.44. The number of halogens is 2. The Bertz CT molecular complexity index is 490. The topological polar surface area (TPSA) is 58.4 Å². The molecule has 0 saturated carbocycles. The van der Waals surface area contributed by atoms with Gasteiger partial charge >= 0.3 is 0 Å². The maximum atomic E-state index is 13.2. The summed E-state index contributed by atoms with van der Waals surface area (Å²) < 4.78 is 26.2. The lowest BCUT2D eigenvalue weighted by Gasteiger charge is -2.25. The molecule has 1 unspecified atom stereocenters. The van der Waals surface area contributed by atoms with Crippen molar-refractivity contribution in [1.82, 2.24) is 10.2 Å². The second kappa shape index (κ2) is 6.65. The van der Waals surface area contributed by atoms with Crippen LogP contribution in [0.1, 0.15) is 24.2 Å². The van der Waals surface area contributed by atoms with Crippen LogP contribution in [0.25, 0.3) is 0 Å². The molecule has 0 heterocycles. The Morgan fingerprint density at radius 2 is 1.85 bits per heavy atom. The van der Waals surface area contributed by atoms with Gasteiger partial charge in [-0.2, -0.15) is 0 Å². The molecule has 1 amide bonds. The Morgan fingerprint density at radius 3 is 2.35 bits per heavy atom. The highest BCUT2D eigenvalue weighted by molar-refractivity contribution is 5.99. The number of nitrogens with zero attached hydrogens (tertiary/aromatic N) is 1. The summed E-state index contributed by atoms with van der Waals surface area (Å²) in [7, 11) is 3.79. The first kappa shape index (κ1) is 16.4. The van der Waals surface area contributed by atoms with Gasteiger partial charge < -0.3 is 16.0 Å². The first-order valence-corrected chi connectivity index (χ1v) is 6.42. The highest BCUT2D eigenvalue weighted by Crippen LogP contribution is 2.17. The summed E-state index contributed by atoms with van der Waals surface area (Å²) in [6.07, 6.45) is 0. The van der Waals surface area contributed by atoms with Crippen LogP contribution in [-0.2, 0) is 0 Å². The number of hydrogen-bond acceptors (Lipinski definition) is 3. The fourth-order valence-corrected chi connectivity index (χ4v) is 1.82. The van der Waals surface area contributed by atoms with Crippen molar-refractivity contribution in [3.63, 3.8) is 0 Å². The molecule has 4 nitrogen and oxygen atoms in total. The number of rotatable bonds is 5. The number of likely N-dealkylation sites (N-methyl/N-ethyl adjacent to an activating group) is 1. The first-order valence-electron chi connectivity index (χ1n) is 6.42. The monoisotopic (exact) mass is 285 g/mol. The number of nitrogen functional groups attached to an aromatic ring is 1. The molecule has 0 aliphatic carbocycles. The third-order valence-corrected chi connectivity index (χ3v) is 3.02. The zero-order valence-corrected chi connectivity index (χ0v) is 12.2. The molecule has 6 heteroatoms. The fourth-order valence-electron chi connectivity index (χ4n) is 1.82. The molecule has 0 saturated heterocycles. The van der Waals surface area contributed by atoms with Gasteiger partial charge in [0.05, 0.1) is 5.56 Å². The Kier molecular flexibility index (Phi) is 5.44. The van der Waals surface area contributed by atoms with Gasteiger partial charge in [-0.1, -0.05) is 13.8 Å². The molecule has 0 aliphatic heterocycles. The molecule has 1 atom stereocenters. The summed E-state index contributed by atoms with van der Waals surface area (Å²) in [5, 5.41) is 2.80. The van der Waals surface area contributed by atoms with E-state index < -0.39 is 17.5 Å². The zero-order valence-electron chi connectivity index (χ0n) is 12.2. The van der Waals surface area contributed by atoms with Crippen molar-refractivity contribution in [3.05, 3.63) is 29.3 Å². The molecule has 0 bridgehead atoms. The molecule has 1 aromatic rings. The molecule has 0 fully saturated rings. The van der Waals surface area contributed by atoms with Crippen LogP contribution in [0.5, 0.6) is 0 Å². The number of carbonyl (C=O) groups excluding carboxylic acids is 1. The van der Waals surface area contributed by atoms with Crippen molar-refractivity contribution in [2.75, 3.05) is 26.4 Å². The van der Waals surface area contributed by atoms with Gasteiger partial charge in [0, 0.05) is 24.3 Å². The minimum absolute atomic E-state index is 0.0479. The predicted molar refractivity (Wildman–Crippen MR) is 75.4 cm³/mol. The molecule has 0 aliphatic rings. The third kappa shape index (κ3) is 4.16. The lowest BCUT2D eigenvalue weighted by atomic mass is 10.0. The number of hydrogen-bond donors (Lipinski definition) is 2. The molecule has 1 rings (SSSR count). The van der Waals surface area contributed by atoms with E-state index in [4.69, 9.17) is 5.73 Å². The minimum Gasteiger partial charge on any atom is -0.398 e. The Hall–Kier alpha value is -1.69. The van der Waals surface area contributed by atoms with E-state index in [1.807, 2.05) is 32.8 Å². The van der Waals surface area contributed by atoms with Gasteiger partial charge in [-0.05, 0) is 26.1 Å². The van der Waals surface area contributed by atoms with Crippen molar-refractivity contribution in [3.8, 4) is 0 Å². The normalized spacial score (nSPS) is 12.8. The summed E-state index contributed by atoms with van der Waals surface area (Å²) in [5.74, 6) is -2.44. The maximum absolute atomic E-state index is 13.2. The van der Waals surface area contributed by atoms with Crippen LogP contribution in [0.3, 0.4) is 0 Å². The van der Waals surface area contributed by atoms with Crippen molar-refractivity contribution in [2.45, 2.75) is 19.9 Å². The van der Waals surface area contributed by atoms with Gasteiger partial charge in [0.15, 0.2) is 11.6 Å². The Morgan fingerprint density at radius 1 is 1.30 bits per heavy atom. The summed E-state index contributed by atoms with van der Waals surface area (Å²) in [4.78, 5) is 14.1. The lowest BCUT2D eigenvalue weighted by molar-refractivity contribution is 0.0917. The van der Waals surface area contributed by atoms with Crippen molar-refractivity contribution >= 4 is 11.6 Å². The van der Waals surface area contributed by atoms with E-state index in [1.54, 1.807) is 0 Å². The molecule has 0 spiro atoms. The van der Waals surface area contributed by atoms with Gasteiger partial charge in [0.25, 0.3) is 5.91 Å². The van der Waals surface area contributed by atoms with Crippen LogP contribution < -0.4 is 11.1 Å². The zero-order chi connectivity index (χ0) is 15.4. The summed E-state index contributed by atoms with van der Waals surface area (Å²) >= 11 is 0. The number of amides is 1. The average Bonchev–Trinajstić information content (AvgIpc) is 2.32. The second-order valence-corrected chi connectivity index (χ2v) is 5.44. The molecule has 0 radical (unpaired) electrons. The van der Waals surface area contributed by atoms with Gasteiger partial charge in [0.1, 0.15) is 0 Å². The van der Waals surface area contributed by atoms with E-state index in [9.17, 15) is 13.6 Å². The number of carbonyl (C=O) groups is 1. The minimum atomic E-state index is -1.09. The SMILES string of the molecule is CC(C)C(CN(C)C)NC(=O)c1cc(F)c(F)cc1N. The molecule has 20 heavy (non-hydrogen) atoms. The molecule has 1 aromatic carbocycles. The van der Waals surface area contributed by atoms with Crippen LogP contribution in [0.15, 0.2) is 12.1 Å². The van der Waals surface area contributed by atoms with Crippen molar-refractivity contribution in [2.24, 2.45) is 5.92 Å². The van der Waals surface area contributed by atoms with E-state index in [0.717, 1.165) is 12.1 Å². The summed E-state index contributed by atoms with van der Waals surface area (Å²) in [6.45, 7) is 4.60. The van der Waals surface area contributed by atoms with Gasteiger partial charge in [-0.25, -0.2) is 8.78 Å². The standard InChI is InChI=1S/C14H21F2N3O/c1-8(2)13(7-19(3)4)18-14(20)9-5-10(15)11(16)6-12(9)17/h5-6,8,13H,7,17H2,1-4H3,(H,18,20). The molecule has 0 aromatic heterocycles. The average molecular weight is 285 g/mol. The predicted octanol–water partition coefficient (Wildman–Crippen LogP) is 1.86. The Labute approximate surface area is 117 Å². The van der Waals surface area contributed by atoms with Crippen LogP contribution in [-0.4, -0.2) is 37.5 Å². The third-order valence-electron chi connectivity index (χ3n) is 3.02. The molecule has 112 valence electrons. The maximum Gasteiger partial charge on any atom is 0.253 e. The van der Waals surface area contributed by atoms with Crippen molar-refractivity contribution in [1.29, 1.82) is 0 Å². The number of nitrogens with two attached hydrogens (primary N) is 1. The van der Waals surface area contributed by atoms with Gasteiger partial charge in [-0.3, -0.25) is 4.79 Å². The van der Waals surface area contributed by atoms with E-state index in [2.05, 4.69) is 5.32 Å². The quantitative estimate of drug-likeness (QED) is 0.812. The van der Waals surface area contributed by atoms with E-state index in [-0.39, 0.29) is 23.2 Å². The first-order chi connectivity index (χ1) is 9.22. The van der Waals surface area contributed by atoms with Crippen LogP contribution >= 0.6 is 0 Å². The van der Waals surface area contributed by atoms with E-state index in [1.165, 1.54) is 0 Å². The van der Waals surface area contributed by atoms with E-state index >= 15 is 0 Å². The molecule has 3 N–H and O–H groups in total. The largest absolute Gasteiger partial charge is 0.398 e.